The van der Waals surface area contributed by atoms with Gasteiger partial charge < -0.3 is 24.6 Å². The molecule has 0 saturated carbocycles. The first-order valence-electron chi connectivity index (χ1n) is 5.34. The fraction of sp³-hybridized carbons (Fsp3) is 0.500. The predicted molar refractivity (Wildman–Crippen MR) is 65.9 cm³/mol. The van der Waals surface area contributed by atoms with E-state index in [4.69, 9.17) is 19.7 Å². The molecule has 5 heteroatoms. The summed E-state index contributed by atoms with van der Waals surface area (Å²) in [6.45, 7) is -0.246. The minimum absolute atomic E-state index is 0.123. The molecule has 0 spiro atoms. The van der Waals surface area contributed by atoms with Crippen LogP contribution < -0.4 is 14.4 Å². The highest BCUT2D eigenvalue weighted by molar-refractivity contribution is 5.61. The Balaban J connectivity index is 3.03. The van der Waals surface area contributed by atoms with Crippen LogP contribution in [0, 0.1) is 0 Å². The molecule has 0 fully saturated rings. The lowest BCUT2D eigenvalue weighted by molar-refractivity contribution is 0.190. The van der Waals surface area contributed by atoms with Gasteiger partial charge in [0.15, 0.2) is 0 Å². The first kappa shape index (κ1) is 13.6. The summed E-state index contributed by atoms with van der Waals surface area (Å²) in [4.78, 5) is 1.78. The normalized spacial score (nSPS) is 10.5. The molecule has 1 rings (SSSR count). The van der Waals surface area contributed by atoms with Crippen LogP contribution in [0.15, 0.2) is 18.2 Å². The van der Waals surface area contributed by atoms with Gasteiger partial charge in [0.1, 0.15) is 11.5 Å². The van der Waals surface area contributed by atoms with Crippen LogP contribution in [0.1, 0.15) is 0 Å². The van der Waals surface area contributed by atoms with E-state index in [1.165, 1.54) is 0 Å². The molecule has 0 aromatic heterocycles. The average molecular weight is 241 g/mol. The van der Waals surface area contributed by atoms with Gasteiger partial charge in [0.2, 0.25) is 0 Å². The average Bonchev–Trinajstić information content (AvgIpc) is 2.39. The fourth-order valence-corrected chi connectivity index (χ4v) is 1.58. The third-order valence-electron chi connectivity index (χ3n) is 2.74. The van der Waals surface area contributed by atoms with Crippen molar-refractivity contribution in [1.82, 2.24) is 0 Å². The second-order valence-electron chi connectivity index (χ2n) is 3.67. The van der Waals surface area contributed by atoms with Crippen molar-refractivity contribution in [3.8, 4) is 11.5 Å². The number of hydrogen-bond donors (Lipinski definition) is 2. The summed E-state index contributed by atoms with van der Waals surface area (Å²) in [6.07, 6.45) is 0. The molecule has 0 aliphatic rings. The number of hydrogen-bond acceptors (Lipinski definition) is 5. The number of ether oxygens (including phenoxy) is 2. The number of rotatable bonds is 6. The molecule has 2 N–H and O–H groups in total. The molecule has 0 radical (unpaired) electrons. The molecule has 0 saturated heterocycles. The maximum absolute atomic E-state index is 9.15. The van der Waals surface area contributed by atoms with Crippen molar-refractivity contribution in [2.24, 2.45) is 0 Å². The summed E-state index contributed by atoms with van der Waals surface area (Å²) in [5, 5.41) is 18.3. The minimum atomic E-state index is -0.350. The highest BCUT2D eigenvalue weighted by Crippen LogP contribution is 2.32. The third-order valence-corrected chi connectivity index (χ3v) is 2.74. The monoisotopic (exact) mass is 241 g/mol. The predicted octanol–water partition coefficient (Wildman–Crippen LogP) is 0.493. The number of likely N-dealkylation sites (N-methyl/N-ethyl adjacent to an activating group) is 1. The molecular formula is C12H19NO4. The van der Waals surface area contributed by atoms with E-state index < -0.39 is 0 Å². The van der Waals surface area contributed by atoms with Crippen molar-refractivity contribution in [1.29, 1.82) is 0 Å². The molecule has 0 aliphatic heterocycles. The Morgan fingerprint density at radius 3 is 2.29 bits per heavy atom. The lowest BCUT2D eigenvalue weighted by Crippen LogP contribution is -2.37. The van der Waals surface area contributed by atoms with Gasteiger partial charge in [0.25, 0.3) is 0 Å². The lowest BCUT2D eigenvalue weighted by atomic mass is 10.2. The molecule has 0 aliphatic carbocycles. The maximum Gasteiger partial charge on any atom is 0.145 e. The molecule has 0 heterocycles. The Morgan fingerprint density at radius 2 is 1.82 bits per heavy atom. The first-order valence-corrected chi connectivity index (χ1v) is 5.34. The summed E-state index contributed by atoms with van der Waals surface area (Å²) in [5.74, 6) is 1.34. The molecule has 1 aromatic rings. The molecule has 1 aromatic carbocycles. The molecule has 0 atom stereocenters. The number of aliphatic hydroxyl groups excluding tert-OH is 2. The van der Waals surface area contributed by atoms with Gasteiger partial charge in [-0.15, -0.1) is 0 Å². The molecule has 96 valence electrons. The van der Waals surface area contributed by atoms with E-state index in [9.17, 15) is 0 Å². The van der Waals surface area contributed by atoms with Crippen LogP contribution >= 0.6 is 0 Å². The number of methoxy groups -OCH3 is 2. The molecule has 0 amide bonds. The van der Waals surface area contributed by atoms with E-state index in [0.29, 0.717) is 11.5 Å². The highest BCUT2D eigenvalue weighted by Gasteiger charge is 2.17. The Morgan fingerprint density at radius 1 is 1.18 bits per heavy atom. The first-order chi connectivity index (χ1) is 8.17. The smallest absolute Gasteiger partial charge is 0.145 e. The van der Waals surface area contributed by atoms with Crippen LogP contribution in [-0.4, -0.2) is 50.7 Å². The Kier molecular flexibility index (Phi) is 5.06. The maximum atomic E-state index is 9.15. The zero-order valence-electron chi connectivity index (χ0n) is 10.4. The summed E-state index contributed by atoms with van der Waals surface area (Å²) in [6, 6.07) is 5.05. The van der Waals surface area contributed by atoms with Gasteiger partial charge in [-0.1, -0.05) is 0 Å². The topological polar surface area (TPSA) is 62.2 Å². The van der Waals surface area contributed by atoms with E-state index in [2.05, 4.69) is 0 Å². The minimum Gasteiger partial charge on any atom is -0.497 e. The molecule has 5 nitrogen and oxygen atoms in total. The summed E-state index contributed by atoms with van der Waals surface area (Å²) in [5.41, 5.74) is 0.793. The van der Waals surface area contributed by atoms with Crippen molar-refractivity contribution in [2.75, 3.05) is 39.4 Å². The Labute approximate surface area is 101 Å². The van der Waals surface area contributed by atoms with Crippen molar-refractivity contribution >= 4 is 5.69 Å². The molecule has 0 unspecified atom stereocenters. The summed E-state index contributed by atoms with van der Waals surface area (Å²) >= 11 is 0. The summed E-state index contributed by atoms with van der Waals surface area (Å²) in [7, 11) is 4.95. The van der Waals surface area contributed by atoms with Gasteiger partial charge in [-0.05, 0) is 12.1 Å². The Hall–Kier alpha value is -1.46. The van der Waals surface area contributed by atoms with Gasteiger partial charge >= 0.3 is 0 Å². The lowest BCUT2D eigenvalue weighted by Gasteiger charge is -2.28. The second kappa shape index (κ2) is 6.32. The molecular weight excluding hydrogens is 222 g/mol. The van der Waals surface area contributed by atoms with Crippen molar-refractivity contribution in [3.63, 3.8) is 0 Å². The van der Waals surface area contributed by atoms with Crippen LogP contribution in [0.4, 0.5) is 5.69 Å². The second-order valence-corrected chi connectivity index (χ2v) is 3.67. The quantitative estimate of drug-likeness (QED) is 0.759. The number of aliphatic hydroxyl groups is 2. The standard InChI is InChI=1S/C12H19NO4/c1-13(9(7-14)8-15)11-5-4-10(16-2)6-12(11)17-3/h4-6,9,14-15H,7-8H2,1-3H3. The SMILES string of the molecule is COc1ccc(N(C)C(CO)CO)c(OC)c1. The largest absolute Gasteiger partial charge is 0.497 e. The third kappa shape index (κ3) is 3.01. The number of benzene rings is 1. The Bertz CT molecular complexity index is 352. The number of nitrogens with zero attached hydrogens (tertiary/aromatic N) is 1. The van der Waals surface area contributed by atoms with Gasteiger partial charge in [0.05, 0.1) is 39.2 Å². The zero-order chi connectivity index (χ0) is 12.8. The van der Waals surface area contributed by atoms with Crippen LogP contribution in [0.5, 0.6) is 11.5 Å². The van der Waals surface area contributed by atoms with Crippen molar-refractivity contribution in [3.05, 3.63) is 18.2 Å². The molecule has 0 bridgehead atoms. The van der Waals surface area contributed by atoms with Gasteiger partial charge in [0, 0.05) is 13.1 Å². The van der Waals surface area contributed by atoms with Crippen LogP contribution in [0.2, 0.25) is 0 Å². The van der Waals surface area contributed by atoms with Gasteiger partial charge in [-0.25, -0.2) is 0 Å². The van der Waals surface area contributed by atoms with Gasteiger partial charge in [-0.2, -0.15) is 0 Å². The van der Waals surface area contributed by atoms with E-state index in [-0.39, 0.29) is 19.3 Å². The summed E-state index contributed by atoms with van der Waals surface area (Å²) < 4.78 is 10.4. The van der Waals surface area contributed by atoms with Crippen LogP contribution in [-0.2, 0) is 0 Å². The van der Waals surface area contributed by atoms with Crippen molar-refractivity contribution in [2.45, 2.75) is 6.04 Å². The fourth-order valence-electron chi connectivity index (χ4n) is 1.58. The van der Waals surface area contributed by atoms with Gasteiger partial charge in [-0.3, -0.25) is 0 Å². The van der Waals surface area contributed by atoms with E-state index in [1.54, 1.807) is 38.3 Å². The van der Waals surface area contributed by atoms with E-state index in [1.807, 2.05) is 6.07 Å². The highest BCUT2D eigenvalue weighted by atomic mass is 16.5. The van der Waals surface area contributed by atoms with Crippen LogP contribution in [0.25, 0.3) is 0 Å². The molecule has 17 heavy (non-hydrogen) atoms. The number of anilines is 1. The van der Waals surface area contributed by atoms with E-state index >= 15 is 0 Å². The van der Waals surface area contributed by atoms with Crippen molar-refractivity contribution < 1.29 is 19.7 Å². The van der Waals surface area contributed by atoms with E-state index in [0.717, 1.165) is 5.69 Å². The van der Waals surface area contributed by atoms with Crippen LogP contribution in [0.3, 0.4) is 0 Å². The zero-order valence-corrected chi connectivity index (χ0v) is 10.4.